The van der Waals surface area contributed by atoms with Crippen molar-refractivity contribution in [3.63, 3.8) is 0 Å². The first-order valence-electron chi connectivity index (χ1n) is 17.7. The van der Waals surface area contributed by atoms with Gasteiger partial charge in [0.15, 0.2) is 10.8 Å². The molecule has 1 saturated heterocycles. The van der Waals surface area contributed by atoms with Crippen molar-refractivity contribution in [1.29, 1.82) is 0 Å². The lowest BCUT2D eigenvalue weighted by molar-refractivity contribution is 0.0981. The average molecular weight is 694 g/mol. The summed E-state index contributed by atoms with van der Waals surface area (Å²) in [5, 5.41) is 7.13. The molecule has 2 N–H and O–H groups in total. The summed E-state index contributed by atoms with van der Waals surface area (Å²) >= 11 is 0. The van der Waals surface area contributed by atoms with E-state index in [0.29, 0.717) is 53.8 Å². The number of halogens is 1. The van der Waals surface area contributed by atoms with Crippen molar-refractivity contribution in [2.45, 2.75) is 89.1 Å². The maximum atomic E-state index is 15.0. The van der Waals surface area contributed by atoms with Crippen LogP contribution in [0.1, 0.15) is 88.9 Å². The highest BCUT2D eigenvalue weighted by Crippen LogP contribution is 2.93. The molecule has 7 rings (SSSR count). The molecule has 13 heteroatoms. The lowest BCUT2D eigenvalue weighted by Crippen LogP contribution is -2.45. The Morgan fingerprint density at radius 3 is 2.55 bits per heavy atom. The number of unbranched alkanes of at least 4 members (excludes halogenated alkanes) is 1. The van der Waals surface area contributed by atoms with Gasteiger partial charge < -0.3 is 15.0 Å². The Morgan fingerprint density at radius 2 is 1.88 bits per heavy atom. The Hall–Kier alpha value is -3.74. The smallest absolute Gasteiger partial charge is 0.281 e. The molecule has 264 valence electrons. The molecule has 11 nitrogen and oxygen atoms in total. The van der Waals surface area contributed by atoms with Gasteiger partial charge in [-0.15, -0.1) is 5.10 Å². The second-order valence-electron chi connectivity index (χ2n) is 15.0. The lowest BCUT2D eigenvalue weighted by atomic mass is 9.85. The van der Waals surface area contributed by atoms with Gasteiger partial charge >= 0.3 is 0 Å². The first kappa shape index (κ1) is 33.7. The highest BCUT2D eigenvalue weighted by molar-refractivity contribution is 7.90. The summed E-state index contributed by atoms with van der Waals surface area (Å²) in [6.45, 7) is 6.64. The minimum Gasteiger partial charge on any atom is -0.477 e. The number of aromatic nitrogens is 4. The van der Waals surface area contributed by atoms with Crippen LogP contribution in [0.2, 0.25) is 0 Å². The van der Waals surface area contributed by atoms with Crippen LogP contribution in [0.5, 0.6) is 5.88 Å². The number of rotatable bonds is 15. The third-order valence-electron chi connectivity index (χ3n) is 12.0. The number of carbonyl (C=O) groups is 1. The number of fused-ring (bicyclic) bond motifs is 1. The zero-order valence-electron chi connectivity index (χ0n) is 28.9. The Morgan fingerprint density at radius 1 is 1.12 bits per heavy atom. The van der Waals surface area contributed by atoms with Crippen LogP contribution in [0.15, 0.2) is 47.6 Å². The summed E-state index contributed by atoms with van der Waals surface area (Å²) in [7, 11) is -2.71. The molecule has 1 amide bonds. The van der Waals surface area contributed by atoms with Gasteiger partial charge in [-0.05, 0) is 98.3 Å². The molecule has 3 saturated carbocycles. The van der Waals surface area contributed by atoms with Crippen LogP contribution in [0.4, 0.5) is 16.0 Å². The molecule has 1 aliphatic heterocycles. The quantitative estimate of drug-likeness (QED) is 0.192. The van der Waals surface area contributed by atoms with Gasteiger partial charge in [0, 0.05) is 25.9 Å². The van der Waals surface area contributed by atoms with Crippen molar-refractivity contribution in [2.24, 2.45) is 28.6 Å². The second-order valence-corrected chi connectivity index (χ2v) is 16.6. The topological polar surface area (TPSA) is 131 Å². The van der Waals surface area contributed by atoms with E-state index in [4.69, 9.17) is 9.72 Å². The van der Waals surface area contributed by atoms with Crippen molar-refractivity contribution in [3.05, 3.63) is 48.2 Å². The summed E-state index contributed by atoms with van der Waals surface area (Å²) in [5.74, 6) is 1.88. The van der Waals surface area contributed by atoms with Crippen LogP contribution < -0.4 is 19.7 Å². The van der Waals surface area contributed by atoms with Gasteiger partial charge in [-0.1, -0.05) is 39.2 Å². The maximum absolute atomic E-state index is 15.0. The summed E-state index contributed by atoms with van der Waals surface area (Å²) in [6.07, 6.45) is 12.1. The van der Waals surface area contributed by atoms with Crippen LogP contribution in [0, 0.1) is 28.6 Å². The number of nitrogens with zero attached hydrogens (tertiary/aromatic N) is 5. The van der Waals surface area contributed by atoms with E-state index in [0.717, 1.165) is 31.6 Å². The largest absolute Gasteiger partial charge is 0.477 e. The van der Waals surface area contributed by atoms with Crippen molar-refractivity contribution >= 4 is 27.6 Å². The van der Waals surface area contributed by atoms with Gasteiger partial charge in [0.2, 0.25) is 5.88 Å². The van der Waals surface area contributed by atoms with E-state index in [1.807, 2.05) is 11.8 Å². The Labute approximate surface area is 288 Å². The second kappa shape index (κ2) is 12.5. The minimum absolute atomic E-state index is 0.0229. The summed E-state index contributed by atoms with van der Waals surface area (Å²) < 4.78 is 51.4. The molecular weight excluding hydrogens is 646 g/mol. The van der Waals surface area contributed by atoms with Crippen LogP contribution in [-0.4, -0.2) is 66.5 Å². The summed E-state index contributed by atoms with van der Waals surface area (Å²) in [5.41, 5.74) is 0.349. The molecule has 3 atom stereocenters. The van der Waals surface area contributed by atoms with Crippen molar-refractivity contribution in [2.75, 3.05) is 37.1 Å². The molecule has 3 aliphatic carbocycles. The number of sulfonamides is 1. The number of nitrogens with one attached hydrogen (secondary N) is 2. The molecule has 3 unspecified atom stereocenters. The molecule has 0 radical (unpaired) electrons. The van der Waals surface area contributed by atoms with E-state index >= 15 is 0 Å². The predicted molar refractivity (Wildman–Crippen MR) is 185 cm³/mol. The van der Waals surface area contributed by atoms with E-state index in [9.17, 15) is 17.6 Å². The first-order chi connectivity index (χ1) is 23.5. The maximum Gasteiger partial charge on any atom is 0.281 e. The van der Waals surface area contributed by atoms with Gasteiger partial charge in [0.25, 0.3) is 15.9 Å². The van der Waals surface area contributed by atoms with Crippen LogP contribution in [0.25, 0.3) is 5.82 Å². The lowest BCUT2D eigenvalue weighted by Gasteiger charge is -2.34. The third kappa shape index (κ3) is 6.05. The molecule has 2 spiro atoms. The Bertz CT molecular complexity index is 1810. The van der Waals surface area contributed by atoms with Gasteiger partial charge in [-0.3, -0.25) is 4.79 Å². The highest BCUT2D eigenvalue weighted by atomic mass is 32.2. The molecule has 4 heterocycles. The fourth-order valence-corrected chi connectivity index (χ4v) is 9.77. The average Bonchev–Trinajstić information content (AvgIpc) is 4.06. The van der Waals surface area contributed by atoms with E-state index in [1.165, 1.54) is 43.9 Å². The monoisotopic (exact) mass is 693 g/mol. The van der Waals surface area contributed by atoms with Gasteiger partial charge in [-0.25, -0.2) is 23.8 Å². The summed E-state index contributed by atoms with van der Waals surface area (Å²) in [6, 6.07) is 9.42. The minimum atomic E-state index is -4.33. The molecule has 0 aromatic carbocycles. The van der Waals surface area contributed by atoms with Crippen molar-refractivity contribution in [3.8, 4) is 11.7 Å². The first-order valence-corrected chi connectivity index (χ1v) is 19.2. The van der Waals surface area contributed by atoms with E-state index in [-0.39, 0.29) is 22.3 Å². The fraction of sp³-hybridized carbons (Fsp3) is 0.611. The molecule has 49 heavy (non-hydrogen) atoms. The van der Waals surface area contributed by atoms with Gasteiger partial charge in [-0.2, -0.15) is 8.42 Å². The molecular formula is C36H48FN7O4S. The van der Waals surface area contributed by atoms with Crippen molar-refractivity contribution < 1.29 is 22.3 Å². The molecule has 4 fully saturated rings. The third-order valence-corrected chi connectivity index (χ3v) is 13.2. The standard InChI is InChI=1S/C36H48FN7O4S/c1-5-6-8-24(2)25-21-34(3,23-37)43(22-25)32-26(33(45)42-49(46,47)31-10-7-9-28(38-4)39-31)11-12-29(40-32)44-19-13-30(41-44)48-20-14-27-35(15-16-35)36(27)17-18-36/h7,9-13,19,24-25,27H,5-6,8,14-18,20-23H2,1-4H3,(H,38,39)(H,42,45). The molecule has 0 bridgehead atoms. The number of hydrogen-bond donors (Lipinski definition) is 2. The van der Waals surface area contributed by atoms with Gasteiger partial charge in [0.1, 0.15) is 18.3 Å². The Balaban J connectivity index is 1.16. The highest BCUT2D eigenvalue weighted by Gasteiger charge is 2.85. The normalized spacial score (nSPS) is 23.9. The summed E-state index contributed by atoms with van der Waals surface area (Å²) in [4.78, 5) is 24.6. The number of hydrogen-bond acceptors (Lipinski definition) is 9. The van der Waals surface area contributed by atoms with Crippen LogP contribution in [0.3, 0.4) is 0 Å². The van der Waals surface area contributed by atoms with E-state index in [1.54, 1.807) is 36.1 Å². The molecule has 3 aromatic rings. The number of amides is 1. The van der Waals surface area contributed by atoms with Crippen molar-refractivity contribution in [1.82, 2.24) is 24.5 Å². The van der Waals surface area contributed by atoms with Gasteiger partial charge in [0.05, 0.1) is 17.7 Å². The number of carbonyl (C=O) groups excluding carboxylic acids is 1. The predicted octanol–water partition coefficient (Wildman–Crippen LogP) is 6.16. The SMILES string of the molecule is CCCCC(C)C1CN(c2nc(-n3ccc(OCCC4C5(CC5)C45CC5)n3)ccc2C(=O)NS(=O)(=O)c2cccc(NC)n2)C(C)(CF)C1. The van der Waals surface area contributed by atoms with Crippen LogP contribution >= 0.6 is 0 Å². The van der Waals surface area contributed by atoms with E-state index < -0.39 is 28.1 Å². The molecule has 4 aliphatic rings. The zero-order valence-corrected chi connectivity index (χ0v) is 29.7. The number of alkyl halides is 1. The van der Waals surface area contributed by atoms with Crippen LogP contribution in [-0.2, 0) is 10.0 Å². The number of anilines is 2. The zero-order chi connectivity index (χ0) is 34.6. The molecule has 3 aromatic heterocycles. The van der Waals surface area contributed by atoms with E-state index in [2.05, 4.69) is 34.0 Å². The number of pyridine rings is 2. The Kier molecular flexibility index (Phi) is 8.64. The number of ether oxygens (including phenoxy) is 1. The fourth-order valence-electron chi connectivity index (χ4n) is 8.84.